The van der Waals surface area contributed by atoms with E-state index in [1.807, 2.05) is 0 Å². The smallest absolute Gasteiger partial charge is 0.130 e. The molecule has 144 valence electrons. The summed E-state index contributed by atoms with van der Waals surface area (Å²) in [5.41, 5.74) is 0. The molecule has 25 heavy (non-hydrogen) atoms. The molecule has 4 unspecified atom stereocenters. The summed E-state index contributed by atoms with van der Waals surface area (Å²) in [6.45, 7) is 11.4. The zero-order valence-electron chi connectivity index (χ0n) is 13.1. The molecule has 0 aromatic rings. The second-order valence-corrected chi connectivity index (χ2v) is 3.63. The Balaban J connectivity index is 5.55. The van der Waals surface area contributed by atoms with Crippen molar-refractivity contribution in [2.24, 2.45) is 20.6 Å². The molecule has 0 spiro atoms. The Morgan fingerprint density at radius 3 is 1.08 bits per heavy atom. The van der Waals surface area contributed by atoms with E-state index in [-0.39, 0.29) is 0 Å². The molecule has 4 N–H and O–H groups in total. The molecule has 0 saturated carbocycles. The van der Waals surface area contributed by atoms with Gasteiger partial charge in [-0.25, -0.2) is 0 Å². The normalized spacial score (nSPS) is 20.4. The molecule has 0 fully saturated rings. The molecule has 0 heterocycles. The van der Waals surface area contributed by atoms with Crippen molar-refractivity contribution >= 4 is 26.9 Å². The van der Waals surface area contributed by atoms with Crippen molar-refractivity contribution in [3.63, 3.8) is 0 Å². The maximum absolute atomic E-state index is 9.92. The Labute approximate surface area is 138 Å². The molecule has 4 atom stereocenters. The molecule has 0 aliphatic heterocycles. The predicted molar refractivity (Wildman–Crippen MR) is 65.8 cm³/mol. The first-order valence-corrected chi connectivity index (χ1v) is 5.52. The van der Waals surface area contributed by atoms with Gasteiger partial charge in [-0.15, -0.1) is 20.3 Å². The zero-order valence-corrected chi connectivity index (χ0v) is 13.1. The third-order valence-electron chi connectivity index (χ3n) is 1.46. The van der Waals surface area contributed by atoms with Crippen LogP contribution in [0.1, 0.15) is 0 Å². The van der Waals surface area contributed by atoms with Crippen LogP contribution in [0.5, 0.6) is 0 Å². The van der Waals surface area contributed by atoms with Crippen molar-refractivity contribution in [1.82, 2.24) is 0 Å². The quantitative estimate of drug-likeness (QED) is 0.161. The standard InChI is InChI=1S/C6H18N8O11/c1-7-19-11(5,15)23-13(17,21-9-3)25-14(18,22-10-4)24-12(6,16)20-8-2/h15-18H,1-4H2,5-6H3/q+4. The van der Waals surface area contributed by atoms with Crippen LogP contribution in [-0.2, 0) is 34.6 Å². The fourth-order valence-electron chi connectivity index (χ4n) is 0.993. The SMILES string of the molecule is C=NO[N+](C)(O)O[N+](O)(ON=C)O[N+](O)(ON=C)O[N+](C)(O)ON=C. The first-order chi connectivity index (χ1) is 11.4. The monoisotopic (exact) mass is 378 g/mol. The fraction of sp³-hybridized carbons (Fsp3) is 0.333. The molecule has 0 aromatic carbocycles. The second-order valence-electron chi connectivity index (χ2n) is 3.63. The van der Waals surface area contributed by atoms with Crippen molar-refractivity contribution < 1.29 is 75.6 Å². The Hall–Kier alpha value is -2.56. The molecule has 0 aromatic heterocycles. The van der Waals surface area contributed by atoms with Gasteiger partial charge in [-0.05, 0) is 20.6 Å². The summed E-state index contributed by atoms with van der Waals surface area (Å²) in [5, 5.41) is 44.4. The molecule has 19 heteroatoms. The molecule has 0 aliphatic carbocycles. The summed E-state index contributed by atoms with van der Waals surface area (Å²) in [5.74, 6) is 0. The van der Waals surface area contributed by atoms with E-state index in [1.165, 1.54) is 0 Å². The summed E-state index contributed by atoms with van der Waals surface area (Å²) < 4.78 is 0. The number of rotatable bonds is 14. The van der Waals surface area contributed by atoms with Gasteiger partial charge in [0, 0.05) is 26.9 Å². The highest BCUT2D eigenvalue weighted by Crippen LogP contribution is 2.23. The van der Waals surface area contributed by atoms with Crippen LogP contribution in [-0.4, -0.2) is 82.0 Å². The van der Waals surface area contributed by atoms with Crippen LogP contribution in [0.2, 0.25) is 0 Å². The van der Waals surface area contributed by atoms with Crippen LogP contribution in [0.25, 0.3) is 0 Å². The van der Waals surface area contributed by atoms with Crippen molar-refractivity contribution in [3.8, 4) is 0 Å². The van der Waals surface area contributed by atoms with E-state index >= 15 is 0 Å². The highest BCUT2D eigenvalue weighted by Gasteiger charge is 2.67. The summed E-state index contributed by atoms with van der Waals surface area (Å²) >= 11 is 0. The van der Waals surface area contributed by atoms with Crippen LogP contribution in [0.4, 0.5) is 0 Å². The zero-order chi connectivity index (χ0) is 19.8. The van der Waals surface area contributed by atoms with Crippen LogP contribution in [0.3, 0.4) is 0 Å². The Morgan fingerprint density at radius 2 is 0.840 bits per heavy atom. The summed E-state index contributed by atoms with van der Waals surface area (Å²) in [6, 6.07) is 0. The molecule has 0 radical (unpaired) electrons. The first-order valence-electron chi connectivity index (χ1n) is 5.52. The van der Waals surface area contributed by atoms with Gasteiger partial charge in [-0.2, -0.15) is 0 Å². The van der Waals surface area contributed by atoms with Gasteiger partial charge in [0.1, 0.15) is 0 Å². The Kier molecular flexibility index (Phi) is 7.64. The summed E-state index contributed by atoms with van der Waals surface area (Å²) in [6.07, 6.45) is 0. The Morgan fingerprint density at radius 1 is 0.560 bits per heavy atom. The number of hydrogen-bond donors (Lipinski definition) is 4. The van der Waals surface area contributed by atoms with Crippen molar-refractivity contribution in [3.05, 3.63) is 0 Å². The fourth-order valence-corrected chi connectivity index (χ4v) is 0.993. The van der Waals surface area contributed by atoms with Crippen LogP contribution >= 0.6 is 0 Å². The number of quaternary nitrogens is 4. The van der Waals surface area contributed by atoms with E-state index < -0.39 is 20.2 Å². The van der Waals surface area contributed by atoms with Gasteiger partial charge in [0.05, 0.1) is 0 Å². The van der Waals surface area contributed by atoms with E-state index in [4.69, 9.17) is 0 Å². The third kappa shape index (κ3) is 8.20. The summed E-state index contributed by atoms with van der Waals surface area (Å²) in [4.78, 5) is 25.3. The number of nitrogens with zero attached hydrogens (tertiary/aromatic N) is 8. The maximum Gasteiger partial charge on any atom is 0.434 e. The van der Waals surface area contributed by atoms with Gasteiger partial charge in [-0.3, -0.25) is 0 Å². The topological polar surface area (TPSA) is 195 Å². The van der Waals surface area contributed by atoms with E-state index in [2.05, 4.69) is 82.1 Å². The highest BCUT2D eigenvalue weighted by molar-refractivity contribution is 5.21. The molecule has 0 bridgehead atoms. The van der Waals surface area contributed by atoms with Gasteiger partial charge in [0.25, 0.3) is 4.94 Å². The minimum Gasteiger partial charge on any atom is -0.130 e. The van der Waals surface area contributed by atoms with Crippen LogP contribution < -0.4 is 0 Å². The van der Waals surface area contributed by atoms with E-state index in [1.54, 1.807) is 0 Å². The lowest BCUT2D eigenvalue weighted by atomic mass is 11.5. The number of hydrogen-bond acceptors (Lipinski definition) is 15. The molecular weight excluding hydrogens is 360 g/mol. The second kappa shape index (κ2) is 8.51. The lowest BCUT2D eigenvalue weighted by molar-refractivity contribution is -1.75. The van der Waals surface area contributed by atoms with E-state index in [9.17, 15) is 20.8 Å². The first kappa shape index (κ1) is 22.4. The van der Waals surface area contributed by atoms with E-state index in [0.29, 0.717) is 14.1 Å². The predicted octanol–water partition coefficient (Wildman–Crippen LogP) is -1.20. The van der Waals surface area contributed by atoms with Gasteiger partial charge < -0.3 is 0 Å². The van der Waals surface area contributed by atoms with E-state index in [0.717, 1.165) is 0 Å². The highest BCUT2D eigenvalue weighted by atomic mass is 17.6. The summed E-state index contributed by atoms with van der Waals surface area (Å²) in [7, 11) is 1.42. The molecular formula is C6H18N8O11+4. The maximum atomic E-state index is 9.92. The van der Waals surface area contributed by atoms with Crippen molar-refractivity contribution in [2.75, 3.05) is 14.1 Å². The number of oxime groups is 4. The van der Waals surface area contributed by atoms with Gasteiger partial charge in [-0.1, -0.05) is 20.3 Å². The minimum absolute atomic E-state index is 0.712. The largest absolute Gasteiger partial charge is 0.434 e. The molecule has 0 aliphatic rings. The van der Waals surface area contributed by atoms with Gasteiger partial charge in [0.15, 0.2) is 14.1 Å². The third-order valence-corrected chi connectivity index (χ3v) is 1.46. The lowest BCUT2D eigenvalue weighted by Crippen LogP contribution is -2.64. The van der Waals surface area contributed by atoms with Crippen LogP contribution in [0.15, 0.2) is 20.6 Å². The van der Waals surface area contributed by atoms with Gasteiger partial charge in [0.2, 0.25) is 19.8 Å². The molecule has 0 amide bonds. The molecule has 0 rings (SSSR count). The molecule has 0 saturated heterocycles. The minimum atomic E-state index is -2.81. The molecule has 19 nitrogen and oxygen atoms in total. The van der Waals surface area contributed by atoms with Crippen LogP contribution in [0, 0.1) is 0 Å². The Bertz CT molecular complexity index is 447. The number of hydroxylamine groups is 6. The van der Waals surface area contributed by atoms with Crippen molar-refractivity contribution in [1.29, 1.82) is 0 Å². The lowest BCUT2D eigenvalue weighted by Gasteiger charge is -2.21. The average molecular weight is 378 g/mol. The van der Waals surface area contributed by atoms with Crippen molar-refractivity contribution in [2.45, 2.75) is 0 Å². The van der Waals surface area contributed by atoms with Gasteiger partial charge >= 0.3 is 10.3 Å². The average Bonchev–Trinajstić information content (AvgIpc) is 2.35.